The van der Waals surface area contributed by atoms with Crippen LogP contribution in [0, 0.1) is 19.7 Å². The zero-order valence-electron chi connectivity index (χ0n) is 9.22. The first kappa shape index (κ1) is 11.2. The van der Waals surface area contributed by atoms with E-state index in [9.17, 15) is 4.39 Å². The molecule has 0 saturated heterocycles. The van der Waals surface area contributed by atoms with Crippen molar-refractivity contribution >= 4 is 11.6 Å². The molecule has 0 nitrogen and oxygen atoms in total. The van der Waals surface area contributed by atoms with Gasteiger partial charge in [-0.05, 0) is 42.7 Å². The number of hydrogen-bond acceptors (Lipinski definition) is 0. The van der Waals surface area contributed by atoms with Crippen molar-refractivity contribution < 1.29 is 4.39 Å². The lowest BCUT2D eigenvalue weighted by atomic mass is 9.96. The summed E-state index contributed by atoms with van der Waals surface area (Å²) in [7, 11) is 0. The van der Waals surface area contributed by atoms with Crippen LogP contribution in [0.2, 0.25) is 5.02 Å². The summed E-state index contributed by atoms with van der Waals surface area (Å²) in [6.07, 6.45) is 0. The van der Waals surface area contributed by atoms with Gasteiger partial charge >= 0.3 is 0 Å². The molecule has 0 spiro atoms. The minimum absolute atomic E-state index is 0.197. The maximum absolute atomic E-state index is 13.5. The summed E-state index contributed by atoms with van der Waals surface area (Å²) < 4.78 is 13.5. The summed E-state index contributed by atoms with van der Waals surface area (Å²) in [6, 6.07) is 10.8. The molecule has 0 unspecified atom stereocenters. The number of benzene rings is 2. The molecule has 16 heavy (non-hydrogen) atoms. The average molecular weight is 235 g/mol. The quantitative estimate of drug-likeness (QED) is 0.667. The highest BCUT2D eigenvalue weighted by molar-refractivity contribution is 6.33. The van der Waals surface area contributed by atoms with E-state index in [2.05, 4.69) is 0 Å². The molecule has 2 heteroatoms. The van der Waals surface area contributed by atoms with Crippen LogP contribution in [0.15, 0.2) is 36.4 Å². The lowest BCUT2D eigenvalue weighted by molar-refractivity contribution is 0.619. The van der Waals surface area contributed by atoms with Crippen molar-refractivity contribution in [1.82, 2.24) is 0 Å². The van der Waals surface area contributed by atoms with Gasteiger partial charge in [0.05, 0.1) is 0 Å². The zero-order valence-corrected chi connectivity index (χ0v) is 9.98. The van der Waals surface area contributed by atoms with Gasteiger partial charge in [-0.2, -0.15) is 0 Å². The number of aryl methyl sites for hydroxylation is 1. The summed E-state index contributed by atoms with van der Waals surface area (Å²) in [6.45, 7) is 3.75. The van der Waals surface area contributed by atoms with Crippen LogP contribution in [0.3, 0.4) is 0 Å². The van der Waals surface area contributed by atoms with Gasteiger partial charge in [0.15, 0.2) is 0 Å². The highest BCUT2D eigenvalue weighted by Gasteiger charge is 2.11. The Morgan fingerprint density at radius 3 is 2.38 bits per heavy atom. The molecule has 2 aromatic carbocycles. The molecule has 82 valence electrons. The standard InChI is InChI=1S/C14H12ClF/c1-9-5-3-7-12(15)14(9)11-6-4-8-13(16)10(11)2/h3-8H,1-2H3. The third-order valence-electron chi connectivity index (χ3n) is 2.76. The topological polar surface area (TPSA) is 0 Å². The Morgan fingerprint density at radius 1 is 1.00 bits per heavy atom. The van der Waals surface area contributed by atoms with Crippen molar-refractivity contribution in [3.8, 4) is 11.1 Å². The Balaban J connectivity index is 2.73. The fourth-order valence-electron chi connectivity index (χ4n) is 1.85. The van der Waals surface area contributed by atoms with Gasteiger partial charge < -0.3 is 0 Å². The van der Waals surface area contributed by atoms with Gasteiger partial charge in [-0.25, -0.2) is 4.39 Å². The summed E-state index contributed by atoms with van der Waals surface area (Å²) >= 11 is 6.17. The second-order valence-corrected chi connectivity index (χ2v) is 4.25. The molecule has 0 saturated carbocycles. The van der Waals surface area contributed by atoms with E-state index in [0.29, 0.717) is 10.6 Å². The number of hydrogen-bond donors (Lipinski definition) is 0. The molecule has 2 rings (SSSR count). The normalized spacial score (nSPS) is 10.5. The van der Waals surface area contributed by atoms with Crippen LogP contribution >= 0.6 is 11.6 Å². The maximum Gasteiger partial charge on any atom is 0.126 e. The highest BCUT2D eigenvalue weighted by Crippen LogP contribution is 2.33. The molecule has 0 aliphatic heterocycles. The van der Waals surface area contributed by atoms with Gasteiger partial charge in [0.2, 0.25) is 0 Å². The monoisotopic (exact) mass is 234 g/mol. The molecule has 0 atom stereocenters. The van der Waals surface area contributed by atoms with Gasteiger partial charge in [-0.1, -0.05) is 35.9 Å². The van der Waals surface area contributed by atoms with E-state index in [4.69, 9.17) is 11.6 Å². The lowest BCUT2D eigenvalue weighted by Gasteiger charge is -2.11. The molecular formula is C14H12ClF. The Labute approximate surface area is 99.7 Å². The van der Waals surface area contributed by atoms with Crippen molar-refractivity contribution in [3.63, 3.8) is 0 Å². The van der Waals surface area contributed by atoms with Gasteiger partial charge in [-0.15, -0.1) is 0 Å². The molecule has 0 fully saturated rings. The van der Waals surface area contributed by atoms with Crippen LogP contribution in [0.25, 0.3) is 11.1 Å². The van der Waals surface area contributed by atoms with Crippen LogP contribution < -0.4 is 0 Å². The molecule has 0 heterocycles. The van der Waals surface area contributed by atoms with Gasteiger partial charge in [-0.3, -0.25) is 0 Å². The lowest BCUT2D eigenvalue weighted by Crippen LogP contribution is -1.91. The Bertz CT molecular complexity index is 512. The van der Waals surface area contributed by atoms with Crippen LogP contribution in [-0.2, 0) is 0 Å². The van der Waals surface area contributed by atoms with Crippen molar-refractivity contribution in [2.75, 3.05) is 0 Å². The van der Waals surface area contributed by atoms with Crippen LogP contribution in [0.4, 0.5) is 4.39 Å². The number of rotatable bonds is 1. The van der Waals surface area contributed by atoms with Crippen LogP contribution in [0.1, 0.15) is 11.1 Å². The van der Waals surface area contributed by atoms with Gasteiger partial charge in [0.1, 0.15) is 5.82 Å². The predicted molar refractivity (Wildman–Crippen MR) is 66.3 cm³/mol. The van der Waals surface area contributed by atoms with E-state index in [0.717, 1.165) is 16.7 Å². The molecule has 0 bridgehead atoms. The van der Waals surface area contributed by atoms with Crippen LogP contribution in [0.5, 0.6) is 0 Å². The summed E-state index contributed by atoms with van der Waals surface area (Å²) in [5, 5.41) is 0.661. The predicted octanol–water partition coefficient (Wildman–Crippen LogP) is 4.76. The Hall–Kier alpha value is -1.34. The van der Waals surface area contributed by atoms with E-state index in [1.54, 1.807) is 13.0 Å². The molecule has 0 N–H and O–H groups in total. The fraction of sp³-hybridized carbons (Fsp3) is 0.143. The van der Waals surface area contributed by atoms with E-state index in [1.165, 1.54) is 6.07 Å². The van der Waals surface area contributed by atoms with Gasteiger partial charge in [0, 0.05) is 10.6 Å². The third-order valence-corrected chi connectivity index (χ3v) is 3.07. The first-order valence-electron chi connectivity index (χ1n) is 5.12. The average Bonchev–Trinajstić information content (AvgIpc) is 2.24. The number of halogens is 2. The summed E-state index contributed by atoms with van der Waals surface area (Å²) in [4.78, 5) is 0. The second kappa shape index (κ2) is 4.26. The van der Waals surface area contributed by atoms with Gasteiger partial charge in [0.25, 0.3) is 0 Å². The zero-order chi connectivity index (χ0) is 11.7. The molecular weight excluding hydrogens is 223 g/mol. The van der Waals surface area contributed by atoms with Crippen molar-refractivity contribution in [2.24, 2.45) is 0 Å². The maximum atomic E-state index is 13.5. The van der Waals surface area contributed by atoms with E-state index in [-0.39, 0.29) is 5.82 Å². The molecule has 0 radical (unpaired) electrons. The molecule has 0 aliphatic rings. The molecule has 2 aromatic rings. The van der Waals surface area contributed by atoms with Crippen LogP contribution in [-0.4, -0.2) is 0 Å². The minimum Gasteiger partial charge on any atom is -0.207 e. The van der Waals surface area contributed by atoms with Crippen molar-refractivity contribution in [2.45, 2.75) is 13.8 Å². The minimum atomic E-state index is -0.197. The first-order chi connectivity index (χ1) is 7.61. The second-order valence-electron chi connectivity index (χ2n) is 3.84. The Kier molecular flexibility index (Phi) is 2.97. The first-order valence-corrected chi connectivity index (χ1v) is 5.49. The molecule has 0 amide bonds. The van der Waals surface area contributed by atoms with E-state index >= 15 is 0 Å². The molecule has 0 aliphatic carbocycles. The Morgan fingerprint density at radius 2 is 1.69 bits per heavy atom. The summed E-state index contributed by atoms with van der Waals surface area (Å²) in [5.74, 6) is -0.197. The SMILES string of the molecule is Cc1cccc(Cl)c1-c1cccc(F)c1C. The largest absolute Gasteiger partial charge is 0.207 e. The smallest absolute Gasteiger partial charge is 0.126 e. The summed E-state index contributed by atoms with van der Waals surface area (Å²) in [5.41, 5.74) is 3.48. The molecule has 0 aromatic heterocycles. The third kappa shape index (κ3) is 1.83. The highest BCUT2D eigenvalue weighted by atomic mass is 35.5. The van der Waals surface area contributed by atoms with Crippen molar-refractivity contribution in [1.29, 1.82) is 0 Å². The van der Waals surface area contributed by atoms with E-state index < -0.39 is 0 Å². The van der Waals surface area contributed by atoms with Crippen molar-refractivity contribution in [3.05, 3.63) is 58.4 Å². The van der Waals surface area contributed by atoms with E-state index in [1.807, 2.05) is 31.2 Å². The fourth-order valence-corrected chi connectivity index (χ4v) is 2.17.